The Morgan fingerprint density at radius 2 is 1.50 bits per heavy atom. The maximum atomic E-state index is 4.04. The molecule has 0 fully saturated rings. The fourth-order valence-electron chi connectivity index (χ4n) is 2.02. The Balaban J connectivity index is 2.98. The molecule has 0 saturated carbocycles. The van der Waals surface area contributed by atoms with E-state index in [0.29, 0.717) is 0 Å². The molecule has 0 bridgehead atoms. The van der Waals surface area contributed by atoms with Gasteiger partial charge in [0.2, 0.25) is 0 Å². The first-order valence-electron chi connectivity index (χ1n) is 5.72. The molecule has 0 spiro atoms. The number of rotatable bonds is 5. The molecular formula is C14H21. The van der Waals surface area contributed by atoms with Gasteiger partial charge in [-0.1, -0.05) is 44.9 Å². The van der Waals surface area contributed by atoms with E-state index in [2.05, 4.69) is 39.0 Å². The predicted molar refractivity (Wildman–Crippen MR) is 63.5 cm³/mol. The lowest BCUT2D eigenvalue weighted by Gasteiger charge is -2.12. The average Bonchev–Trinajstić information content (AvgIpc) is 2.19. The van der Waals surface area contributed by atoms with Crippen LogP contribution in [-0.2, 0) is 19.3 Å². The van der Waals surface area contributed by atoms with Crippen LogP contribution in [0.3, 0.4) is 0 Å². The molecule has 0 aliphatic rings. The summed E-state index contributed by atoms with van der Waals surface area (Å²) in [6.45, 7) is 8.51. The molecule has 0 atom stereocenters. The summed E-state index contributed by atoms with van der Waals surface area (Å²) in [6, 6.07) is 6.70. The summed E-state index contributed by atoms with van der Waals surface area (Å²) in [5.74, 6) is 0. The Morgan fingerprint density at radius 3 is 1.86 bits per heavy atom. The van der Waals surface area contributed by atoms with Gasteiger partial charge in [0.15, 0.2) is 0 Å². The lowest BCUT2D eigenvalue weighted by atomic mass is 9.94. The average molecular weight is 189 g/mol. The molecule has 0 heterocycles. The summed E-state index contributed by atoms with van der Waals surface area (Å²) < 4.78 is 0. The van der Waals surface area contributed by atoms with Crippen molar-refractivity contribution < 1.29 is 0 Å². The summed E-state index contributed by atoms with van der Waals surface area (Å²) in [5, 5.41) is 0. The van der Waals surface area contributed by atoms with Crippen LogP contribution in [0.15, 0.2) is 18.2 Å². The van der Waals surface area contributed by atoms with Gasteiger partial charge < -0.3 is 0 Å². The van der Waals surface area contributed by atoms with Crippen LogP contribution in [0.25, 0.3) is 0 Å². The van der Waals surface area contributed by atoms with Gasteiger partial charge in [-0.3, -0.25) is 0 Å². The van der Waals surface area contributed by atoms with Gasteiger partial charge in [-0.15, -0.1) is 0 Å². The molecule has 0 N–H and O–H groups in total. The lowest BCUT2D eigenvalue weighted by molar-refractivity contribution is 0.870. The van der Waals surface area contributed by atoms with E-state index in [1.807, 2.05) is 0 Å². The minimum absolute atomic E-state index is 0.936. The lowest BCUT2D eigenvalue weighted by Crippen LogP contribution is -1.98. The zero-order valence-electron chi connectivity index (χ0n) is 9.47. The monoisotopic (exact) mass is 189 g/mol. The summed E-state index contributed by atoms with van der Waals surface area (Å²) in [5.41, 5.74) is 4.51. The van der Waals surface area contributed by atoms with Crippen molar-refractivity contribution in [2.45, 2.75) is 46.0 Å². The third-order valence-corrected chi connectivity index (χ3v) is 2.66. The Hall–Kier alpha value is -0.780. The SMILES string of the molecule is [CH2]Cc1c(CCC)cccc1CCC. The van der Waals surface area contributed by atoms with E-state index in [1.54, 1.807) is 0 Å². The van der Waals surface area contributed by atoms with Crippen LogP contribution in [0.5, 0.6) is 0 Å². The molecule has 0 nitrogen and oxygen atoms in total. The maximum Gasteiger partial charge on any atom is -0.0273 e. The molecule has 1 rings (SSSR count). The maximum absolute atomic E-state index is 4.04. The summed E-state index contributed by atoms with van der Waals surface area (Å²) in [7, 11) is 0. The quantitative estimate of drug-likeness (QED) is 0.657. The number of aryl methyl sites for hydroxylation is 2. The summed E-state index contributed by atoms with van der Waals surface area (Å²) in [6.07, 6.45) is 5.78. The van der Waals surface area contributed by atoms with Crippen molar-refractivity contribution >= 4 is 0 Å². The third kappa shape index (κ3) is 2.60. The third-order valence-electron chi connectivity index (χ3n) is 2.66. The van der Waals surface area contributed by atoms with Crippen molar-refractivity contribution in [2.24, 2.45) is 0 Å². The van der Waals surface area contributed by atoms with Gasteiger partial charge in [-0.05, 0) is 42.9 Å². The minimum atomic E-state index is 0.936. The highest BCUT2D eigenvalue weighted by atomic mass is 14.1. The Bertz CT molecular complexity index is 249. The van der Waals surface area contributed by atoms with Crippen LogP contribution in [0.1, 0.15) is 43.4 Å². The normalized spacial score (nSPS) is 10.5. The molecule has 0 aliphatic carbocycles. The van der Waals surface area contributed by atoms with Crippen molar-refractivity contribution in [3.05, 3.63) is 41.8 Å². The second kappa shape index (κ2) is 5.85. The van der Waals surface area contributed by atoms with Crippen LogP contribution < -0.4 is 0 Å². The van der Waals surface area contributed by atoms with E-state index in [9.17, 15) is 0 Å². The van der Waals surface area contributed by atoms with E-state index in [4.69, 9.17) is 0 Å². The molecule has 1 radical (unpaired) electrons. The molecule has 0 amide bonds. The fraction of sp³-hybridized carbons (Fsp3) is 0.500. The number of hydrogen-bond acceptors (Lipinski definition) is 0. The smallest absolute Gasteiger partial charge is 0.0273 e. The van der Waals surface area contributed by atoms with Gasteiger partial charge in [0, 0.05) is 0 Å². The van der Waals surface area contributed by atoms with Crippen molar-refractivity contribution in [2.75, 3.05) is 0 Å². The van der Waals surface area contributed by atoms with E-state index in [0.717, 1.165) is 6.42 Å². The Morgan fingerprint density at radius 1 is 1.00 bits per heavy atom. The van der Waals surface area contributed by atoms with Gasteiger partial charge in [0.1, 0.15) is 0 Å². The fourth-order valence-corrected chi connectivity index (χ4v) is 2.02. The summed E-state index contributed by atoms with van der Waals surface area (Å²) in [4.78, 5) is 0. The van der Waals surface area contributed by atoms with Crippen molar-refractivity contribution in [3.63, 3.8) is 0 Å². The second-order valence-electron chi connectivity index (χ2n) is 3.80. The molecule has 0 unspecified atom stereocenters. The molecular weight excluding hydrogens is 168 g/mol. The first kappa shape index (κ1) is 11.3. The topological polar surface area (TPSA) is 0 Å². The molecule has 0 heteroatoms. The van der Waals surface area contributed by atoms with Gasteiger partial charge >= 0.3 is 0 Å². The van der Waals surface area contributed by atoms with Crippen LogP contribution in [0.2, 0.25) is 0 Å². The highest BCUT2D eigenvalue weighted by Gasteiger charge is 2.04. The molecule has 1 aromatic rings. The zero-order valence-corrected chi connectivity index (χ0v) is 9.47. The van der Waals surface area contributed by atoms with E-state index in [-0.39, 0.29) is 0 Å². The zero-order chi connectivity index (χ0) is 10.4. The molecule has 77 valence electrons. The standard InChI is InChI=1S/C14H21/c1-4-8-12-10-7-11-13(9-5-2)14(12)6-3/h7,10-11H,3-6,8-9H2,1-2H3. The molecule has 0 aliphatic heterocycles. The first-order chi connectivity index (χ1) is 6.83. The number of benzene rings is 1. The van der Waals surface area contributed by atoms with Gasteiger partial charge in [0.05, 0.1) is 0 Å². The largest absolute Gasteiger partial charge is 0.0651 e. The van der Waals surface area contributed by atoms with Gasteiger partial charge in [-0.2, -0.15) is 0 Å². The minimum Gasteiger partial charge on any atom is -0.0651 e. The van der Waals surface area contributed by atoms with E-state index in [1.165, 1.54) is 42.4 Å². The molecule has 14 heavy (non-hydrogen) atoms. The van der Waals surface area contributed by atoms with Gasteiger partial charge in [0.25, 0.3) is 0 Å². The predicted octanol–water partition coefficient (Wildman–Crippen LogP) is 3.97. The molecule has 0 aromatic heterocycles. The van der Waals surface area contributed by atoms with Crippen LogP contribution in [0, 0.1) is 6.92 Å². The molecule has 0 saturated heterocycles. The van der Waals surface area contributed by atoms with E-state index < -0.39 is 0 Å². The highest BCUT2D eigenvalue weighted by molar-refractivity contribution is 5.36. The number of hydrogen-bond donors (Lipinski definition) is 0. The highest BCUT2D eigenvalue weighted by Crippen LogP contribution is 2.18. The van der Waals surface area contributed by atoms with Crippen LogP contribution in [0.4, 0.5) is 0 Å². The van der Waals surface area contributed by atoms with Crippen molar-refractivity contribution in [1.29, 1.82) is 0 Å². The van der Waals surface area contributed by atoms with Crippen LogP contribution >= 0.6 is 0 Å². The molecule has 1 aromatic carbocycles. The summed E-state index contributed by atoms with van der Waals surface area (Å²) >= 11 is 0. The first-order valence-corrected chi connectivity index (χ1v) is 5.72. The Kier molecular flexibility index (Phi) is 4.72. The van der Waals surface area contributed by atoms with Crippen molar-refractivity contribution in [1.82, 2.24) is 0 Å². The van der Waals surface area contributed by atoms with Crippen LogP contribution in [-0.4, -0.2) is 0 Å². The van der Waals surface area contributed by atoms with E-state index >= 15 is 0 Å². The van der Waals surface area contributed by atoms with Crippen molar-refractivity contribution in [3.8, 4) is 0 Å². The van der Waals surface area contributed by atoms with Gasteiger partial charge in [-0.25, -0.2) is 0 Å². The Labute approximate surface area is 88.4 Å². The second-order valence-corrected chi connectivity index (χ2v) is 3.80.